The lowest BCUT2D eigenvalue weighted by Gasteiger charge is -2.15. The minimum atomic E-state index is -0.532. The van der Waals surface area contributed by atoms with Gasteiger partial charge < -0.3 is 4.74 Å². The van der Waals surface area contributed by atoms with Crippen LogP contribution in [0.15, 0.2) is 18.2 Å². The van der Waals surface area contributed by atoms with Gasteiger partial charge >= 0.3 is 0 Å². The first kappa shape index (κ1) is 14.0. The molecular formula is C13H15BrFNO. The van der Waals surface area contributed by atoms with Gasteiger partial charge in [0, 0.05) is 11.2 Å². The van der Waals surface area contributed by atoms with Gasteiger partial charge in [0.1, 0.15) is 23.2 Å². The fraction of sp³-hybridized carbons (Fsp3) is 0.462. The second-order valence-corrected chi connectivity index (χ2v) is 4.49. The third-order valence-electron chi connectivity index (χ3n) is 2.48. The minimum absolute atomic E-state index is 0.0164. The maximum absolute atomic E-state index is 13.3. The Hall–Kier alpha value is -1.08. The summed E-state index contributed by atoms with van der Waals surface area (Å²) in [5, 5.41) is 9.69. The van der Waals surface area contributed by atoms with Gasteiger partial charge in [0.2, 0.25) is 0 Å². The van der Waals surface area contributed by atoms with Crippen molar-refractivity contribution in [2.24, 2.45) is 5.92 Å². The Morgan fingerprint density at radius 1 is 1.53 bits per heavy atom. The van der Waals surface area contributed by atoms with Crippen molar-refractivity contribution in [2.45, 2.75) is 19.8 Å². The molecule has 0 aliphatic carbocycles. The van der Waals surface area contributed by atoms with E-state index >= 15 is 0 Å². The summed E-state index contributed by atoms with van der Waals surface area (Å²) in [6, 6.07) is 6.26. The molecule has 0 amide bonds. The van der Waals surface area contributed by atoms with Crippen LogP contribution >= 0.6 is 15.9 Å². The SMILES string of the molecule is CCCC(CBr)COc1cccc(F)c1C#N. The molecule has 0 N–H and O–H groups in total. The topological polar surface area (TPSA) is 33.0 Å². The lowest BCUT2D eigenvalue weighted by Crippen LogP contribution is -2.14. The van der Waals surface area contributed by atoms with E-state index in [2.05, 4.69) is 22.9 Å². The van der Waals surface area contributed by atoms with Crippen LogP contribution in [0.3, 0.4) is 0 Å². The average Bonchev–Trinajstić information content (AvgIpc) is 2.34. The molecule has 0 aliphatic heterocycles. The number of nitriles is 1. The van der Waals surface area contributed by atoms with Crippen LogP contribution in [-0.4, -0.2) is 11.9 Å². The smallest absolute Gasteiger partial charge is 0.144 e. The Morgan fingerprint density at radius 2 is 2.29 bits per heavy atom. The molecule has 17 heavy (non-hydrogen) atoms. The number of nitrogens with zero attached hydrogens (tertiary/aromatic N) is 1. The quantitative estimate of drug-likeness (QED) is 0.747. The maximum Gasteiger partial charge on any atom is 0.144 e. The molecule has 4 heteroatoms. The van der Waals surface area contributed by atoms with Gasteiger partial charge in [-0.25, -0.2) is 4.39 Å². The summed E-state index contributed by atoms with van der Waals surface area (Å²) in [4.78, 5) is 0. The summed E-state index contributed by atoms with van der Waals surface area (Å²) in [7, 11) is 0. The number of ether oxygens (including phenoxy) is 1. The number of hydrogen-bond donors (Lipinski definition) is 0. The zero-order chi connectivity index (χ0) is 12.7. The number of halogens is 2. The van der Waals surface area contributed by atoms with Crippen molar-refractivity contribution in [3.05, 3.63) is 29.6 Å². The van der Waals surface area contributed by atoms with Crippen molar-refractivity contribution in [1.29, 1.82) is 5.26 Å². The number of hydrogen-bond acceptors (Lipinski definition) is 2. The van der Waals surface area contributed by atoms with Gasteiger partial charge in [-0.3, -0.25) is 0 Å². The summed E-state index contributed by atoms with van der Waals surface area (Å²) >= 11 is 3.42. The first-order chi connectivity index (χ1) is 8.22. The zero-order valence-electron chi connectivity index (χ0n) is 9.75. The van der Waals surface area contributed by atoms with Gasteiger partial charge in [0.05, 0.1) is 6.61 Å². The molecule has 0 spiro atoms. The van der Waals surface area contributed by atoms with E-state index in [9.17, 15) is 4.39 Å². The van der Waals surface area contributed by atoms with Gasteiger partial charge in [0.15, 0.2) is 0 Å². The Balaban J connectivity index is 2.69. The molecule has 0 aliphatic rings. The fourth-order valence-corrected chi connectivity index (χ4v) is 2.06. The largest absolute Gasteiger partial charge is 0.492 e. The van der Waals surface area contributed by atoms with Crippen LogP contribution in [0.4, 0.5) is 4.39 Å². The van der Waals surface area contributed by atoms with Crippen LogP contribution in [0.25, 0.3) is 0 Å². The van der Waals surface area contributed by atoms with Crippen molar-refractivity contribution in [1.82, 2.24) is 0 Å². The molecule has 0 fully saturated rings. The van der Waals surface area contributed by atoms with Crippen molar-refractivity contribution >= 4 is 15.9 Å². The number of rotatable bonds is 6. The molecule has 1 atom stereocenters. The second-order valence-electron chi connectivity index (χ2n) is 3.84. The normalized spacial score (nSPS) is 11.9. The van der Waals surface area contributed by atoms with E-state index < -0.39 is 5.82 Å². The van der Waals surface area contributed by atoms with Crippen LogP contribution in [0.2, 0.25) is 0 Å². The molecule has 0 aromatic heterocycles. The molecule has 1 aromatic rings. The van der Waals surface area contributed by atoms with E-state index in [1.54, 1.807) is 12.1 Å². The highest BCUT2D eigenvalue weighted by Gasteiger charge is 2.11. The van der Waals surface area contributed by atoms with Crippen LogP contribution in [-0.2, 0) is 0 Å². The van der Waals surface area contributed by atoms with E-state index in [0.717, 1.165) is 18.2 Å². The van der Waals surface area contributed by atoms with Gasteiger partial charge in [-0.2, -0.15) is 5.26 Å². The summed E-state index contributed by atoms with van der Waals surface area (Å²) in [5.41, 5.74) is -0.0164. The van der Waals surface area contributed by atoms with Crippen molar-refractivity contribution < 1.29 is 9.13 Å². The minimum Gasteiger partial charge on any atom is -0.492 e. The van der Waals surface area contributed by atoms with E-state index in [0.29, 0.717) is 18.3 Å². The molecule has 0 saturated carbocycles. The highest BCUT2D eigenvalue weighted by molar-refractivity contribution is 9.09. The molecule has 1 unspecified atom stereocenters. The Labute approximate surface area is 110 Å². The summed E-state index contributed by atoms with van der Waals surface area (Å²) < 4.78 is 18.8. The van der Waals surface area contributed by atoms with Crippen molar-refractivity contribution in [3.63, 3.8) is 0 Å². The summed E-state index contributed by atoms with van der Waals surface area (Å²) in [6.45, 7) is 2.61. The first-order valence-corrected chi connectivity index (χ1v) is 6.72. The van der Waals surface area contributed by atoms with Crippen LogP contribution < -0.4 is 4.74 Å². The highest BCUT2D eigenvalue weighted by Crippen LogP contribution is 2.22. The fourth-order valence-electron chi connectivity index (χ4n) is 1.55. The molecule has 92 valence electrons. The number of benzene rings is 1. The Morgan fingerprint density at radius 3 is 2.88 bits per heavy atom. The standard InChI is InChI=1S/C13H15BrFNO/c1-2-4-10(7-14)9-17-13-6-3-5-12(15)11(13)8-16/h3,5-6,10H,2,4,7,9H2,1H3. The molecule has 0 bridgehead atoms. The third-order valence-corrected chi connectivity index (χ3v) is 3.39. The predicted octanol–water partition coefficient (Wildman–Crippen LogP) is 3.89. The van der Waals surface area contributed by atoms with E-state index in [1.807, 2.05) is 6.07 Å². The van der Waals surface area contributed by atoms with Crippen LogP contribution in [0.1, 0.15) is 25.3 Å². The molecule has 1 aromatic carbocycles. The zero-order valence-corrected chi connectivity index (χ0v) is 11.3. The average molecular weight is 300 g/mol. The molecule has 0 heterocycles. The van der Waals surface area contributed by atoms with Gasteiger partial charge in [-0.1, -0.05) is 35.3 Å². The lowest BCUT2D eigenvalue weighted by atomic mass is 10.1. The van der Waals surface area contributed by atoms with Gasteiger partial charge in [-0.05, 0) is 18.6 Å². The predicted molar refractivity (Wildman–Crippen MR) is 68.8 cm³/mol. The van der Waals surface area contributed by atoms with E-state index in [1.165, 1.54) is 6.07 Å². The first-order valence-electron chi connectivity index (χ1n) is 5.60. The van der Waals surface area contributed by atoms with Crippen LogP contribution in [0, 0.1) is 23.1 Å². The second kappa shape index (κ2) is 7.29. The lowest BCUT2D eigenvalue weighted by molar-refractivity contribution is 0.253. The molecule has 0 saturated heterocycles. The number of alkyl halides is 1. The Bertz CT molecular complexity index is 403. The molecule has 1 rings (SSSR count). The van der Waals surface area contributed by atoms with Crippen LogP contribution in [0.5, 0.6) is 5.75 Å². The monoisotopic (exact) mass is 299 g/mol. The van der Waals surface area contributed by atoms with Gasteiger partial charge in [0.25, 0.3) is 0 Å². The highest BCUT2D eigenvalue weighted by atomic mass is 79.9. The van der Waals surface area contributed by atoms with Crippen molar-refractivity contribution in [2.75, 3.05) is 11.9 Å². The molecule has 0 radical (unpaired) electrons. The summed E-state index contributed by atoms with van der Waals surface area (Å²) in [5.74, 6) is 0.181. The molecular weight excluding hydrogens is 285 g/mol. The van der Waals surface area contributed by atoms with E-state index in [4.69, 9.17) is 10.00 Å². The van der Waals surface area contributed by atoms with Gasteiger partial charge in [-0.15, -0.1) is 0 Å². The summed E-state index contributed by atoms with van der Waals surface area (Å²) in [6.07, 6.45) is 2.12. The Kier molecular flexibility index (Phi) is 5.99. The van der Waals surface area contributed by atoms with Crippen molar-refractivity contribution in [3.8, 4) is 11.8 Å². The van der Waals surface area contributed by atoms with E-state index in [-0.39, 0.29) is 5.56 Å². The maximum atomic E-state index is 13.3. The molecule has 2 nitrogen and oxygen atoms in total. The third kappa shape index (κ3) is 4.01.